The van der Waals surface area contributed by atoms with E-state index < -0.39 is 11.6 Å². The molecule has 0 aliphatic carbocycles. The second-order valence-electron chi connectivity index (χ2n) is 3.97. The highest BCUT2D eigenvalue weighted by Crippen LogP contribution is 2.36. The van der Waals surface area contributed by atoms with E-state index in [0.29, 0.717) is 6.42 Å². The van der Waals surface area contributed by atoms with E-state index in [-0.39, 0.29) is 4.83 Å². The molecule has 1 atom stereocenters. The standard InChI is InChI=1S/C13H10Br2F2S/c1-7-9(14)6-13(18-7)10(15)4-8-2-3-11(16)12(17)5-8/h2-3,5-6,10H,4H2,1H3. The Hall–Kier alpha value is -0.260. The van der Waals surface area contributed by atoms with Crippen LogP contribution in [0.5, 0.6) is 0 Å². The highest BCUT2D eigenvalue weighted by atomic mass is 79.9. The van der Waals surface area contributed by atoms with Crippen molar-refractivity contribution < 1.29 is 8.78 Å². The van der Waals surface area contributed by atoms with Gasteiger partial charge in [-0.15, -0.1) is 11.3 Å². The number of rotatable bonds is 3. The van der Waals surface area contributed by atoms with Gasteiger partial charge in [0.2, 0.25) is 0 Å². The van der Waals surface area contributed by atoms with Gasteiger partial charge in [0.15, 0.2) is 11.6 Å². The van der Waals surface area contributed by atoms with Crippen molar-refractivity contribution in [2.75, 3.05) is 0 Å². The Balaban J connectivity index is 2.15. The quantitative estimate of drug-likeness (QED) is 0.578. The molecule has 2 rings (SSSR count). The Morgan fingerprint density at radius 2 is 1.94 bits per heavy atom. The minimum absolute atomic E-state index is 0.109. The third-order valence-corrected chi connectivity index (χ3v) is 5.95. The molecular formula is C13H10Br2F2S. The SMILES string of the molecule is Cc1sc(C(Br)Cc2ccc(F)c(F)c2)cc1Br. The van der Waals surface area contributed by atoms with Crippen LogP contribution in [0, 0.1) is 18.6 Å². The Bertz CT molecular complexity index is 547. The maximum Gasteiger partial charge on any atom is 0.159 e. The van der Waals surface area contributed by atoms with Gasteiger partial charge >= 0.3 is 0 Å². The number of aryl methyl sites for hydroxylation is 1. The van der Waals surface area contributed by atoms with Gasteiger partial charge in [-0.1, -0.05) is 22.0 Å². The molecule has 0 spiro atoms. The van der Waals surface area contributed by atoms with E-state index in [2.05, 4.69) is 37.9 Å². The Kier molecular flexibility index (Phi) is 4.56. The predicted octanol–water partition coefficient (Wildman–Crippen LogP) is 5.78. The Labute approximate surface area is 125 Å². The molecule has 0 aliphatic rings. The fourth-order valence-corrected chi connectivity index (χ4v) is 3.94. The number of alkyl halides is 1. The summed E-state index contributed by atoms with van der Waals surface area (Å²) in [6, 6.07) is 6.08. The molecule has 0 aliphatic heterocycles. The van der Waals surface area contributed by atoms with Gasteiger partial charge in [-0.3, -0.25) is 0 Å². The fraction of sp³-hybridized carbons (Fsp3) is 0.231. The molecule has 0 fully saturated rings. The molecule has 0 radical (unpaired) electrons. The van der Waals surface area contributed by atoms with E-state index in [1.54, 1.807) is 17.4 Å². The highest BCUT2D eigenvalue weighted by molar-refractivity contribution is 9.10. The van der Waals surface area contributed by atoms with E-state index in [9.17, 15) is 8.78 Å². The molecule has 1 unspecified atom stereocenters. The summed E-state index contributed by atoms with van der Waals surface area (Å²) in [5.74, 6) is -1.60. The first-order valence-corrected chi connectivity index (χ1v) is 7.83. The van der Waals surface area contributed by atoms with Crippen LogP contribution < -0.4 is 0 Å². The van der Waals surface area contributed by atoms with Crippen LogP contribution in [0.2, 0.25) is 0 Å². The summed E-state index contributed by atoms with van der Waals surface area (Å²) < 4.78 is 27.0. The Morgan fingerprint density at radius 3 is 2.50 bits per heavy atom. The van der Waals surface area contributed by atoms with E-state index in [1.807, 2.05) is 6.92 Å². The Morgan fingerprint density at radius 1 is 1.22 bits per heavy atom. The van der Waals surface area contributed by atoms with Crippen molar-refractivity contribution in [3.63, 3.8) is 0 Å². The van der Waals surface area contributed by atoms with Crippen molar-refractivity contribution in [2.45, 2.75) is 18.2 Å². The van der Waals surface area contributed by atoms with Gasteiger partial charge in [0, 0.05) is 14.2 Å². The summed E-state index contributed by atoms with van der Waals surface area (Å²) in [5.41, 5.74) is 0.776. The van der Waals surface area contributed by atoms with Crippen molar-refractivity contribution in [3.05, 3.63) is 55.7 Å². The first-order valence-electron chi connectivity index (χ1n) is 5.31. The van der Waals surface area contributed by atoms with Gasteiger partial charge in [-0.05, 0) is 53.0 Å². The third-order valence-electron chi connectivity index (χ3n) is 2.58. The summed E-state index contributed by atoms with van der Waals surface area (Å²) in [7, 11) is 0. The number of halogens is 4. The van der Waals surface area contributed by atoms with E-state index in [4.69, 9.17) is 0 Å². The molecule has 2 aromatic rings. The van der Waals surface area contributed by atoms with E-state index in [1.165, 1.54) is 21.9 Å². The molecular weight excluding hydrogens is 386 g/mol. The monoisotopic (exact) mass is 394 g/mol. The lowest BCUT2D eigenvalue weighted by molar-refractivity contribution is 0.507. The van der Waals surface area contributed by atoms with Crippen LogP contribution in [0.4, 0.5) is 8.78 Å². The summed E-state index contributed by atoms with van der Waals surface area (Å²) in [6.07, 6.45) is 0.629. The van der Waals surface area contributed by atoms with Crippen molar-refractivity contribution >= 4 is 43.2 Å². The average molecular weight is 396 g/mol. The van der Waals surface area contributed by atoms with Crippen molar-refractivity contribution in [2.24, 2.45) is 0 Å². The van der Waals surface area contributed by atoms with Gasteiger partial charge in [-0.2, -0.15) is 0 Å². The minimum atomic E-state index is -0.806. The van der Waals surface area contributed by atoms with Gasteiger partial charge in [0.05, 0.1) is 4.83 Å². The first-order chi connectivity index (χ1) is 8.47. The molecule has 0 saturated carbocycles. The number of hydrogen-bond donors (Lipinski definition) is 0. The van der Waals surface area contributed by atoms with Gasteiger partial charge in [0.1, 0.15) is 0 Å². The third kappa shape index (κ3) is 3.19. The zero-order valence-corrected chi connectivity index (χ0v) is 13.5. The lowest BCUT2D eigenvalue weighted by Crippen LogP contribution is -1.95. The van der Waals surface area contributed by atoms with Crippen molar-refractivity contribution in [3.8, 4) is 0 Å². The van der Waals surface area contributed by atoms with Crippen LogP contribution in [-0.2, 0) is 6.42 Å². The van der Waals surface area contributed by atoms with Gasteiger partial charge < -0.3 is 0 Å². The summed E-state index contributed by atoms with van der Waals surface area (Å²) in [5, 5.41) is 0. The maximum absolute atomic E-state index is 13.1. The van der Waals surface area contributed by atoms with Crippen LogP contribution in [0.15, 0.2) is 28.7 Å². The van der Waals surface area contributed by atoms with E-state index in [0.717, 1.165) is 10.0 Å². The van der Waals surface area contributed by atoms with Crippen molar-refractivity contribution in [1.29, 1.82) is 0 Å². The molecule has 0 bridgehead atoms. The minimum Gasteiger partial charge on any atom is -0.204 e. The molecule has 1 aromatic carbocycles. The van der Waals surface area contributed by atoms with E-state index >= 15 is 0 Å². The van der Waals surface area contributed by atoms with Gasteiger partial charge in [0.25, 0.3) is 0 Å². The molecule has 0 amide bonds. The highest BCUT2D eigenvalue weighted by Gasteiger charge is 2.14. The van der Waals surface area contributed by atoms with Gasteiger partial charge in [-0.25, -0.2) is 8.78 Å². The molecule has 0 N–H and O–H groups in total. The topological polar surface area (TPSA) is 0 Å². The zero-order valence-electron chi connectivity index (χ0n) is 9.51. The molecule has 1 heterocycles. The largest absolute Gasteiger partial charge is 0.204 e. The summed E-state index contributed by atoms with van der Waals surface area (Å²) in [4.78, 5) is 2.49. The maximum atomic E-state index is 13.1. The molecule has 96 valence electrons. The average Bonchev–Trinajstić information content (AvgIpc) is 2.65. The number of benzene rings is 1. The fourth-order valence-electron chi connectivity index (χ4n) is 1.61. The normalized spacial score (nSPS) is 12.7. The van der Waals surface area contributed by atoms with Crippen LogP contribution in [0.1, 0.15) is 20.1 Å². The predicted molar refractivity (Wildman–Crippen MR) is 78.5 cm³/mol. The smallest absolute Gasteiger partial charge is 0.159 e. The summed E-state index contributed by atoms with van der Waals surface area (Å²) in [6.45, 7) is 2.04. The van der Waals surface area contributed by atoms with Crippen LogP contribution in [0.3, 0.4) is 0 Å². The zero-order chi connectivity index (χ0) is 13.3. The molecule has 18 heavy (non-hydrogen) atoms. The second-order valence-corrected chi connectivity index (χ2v) is 7.22. The lowest BCUT2D eigenvalue weighted by atomic mass is 10.1. The summed E-state index contributed by atoms with van der Waals surface area (Å²) >= 11 is 8.75. The second kappa shape index (κ2) is 5.80. The van der Waals surface area contributed by atoms with Crippen LogP contribution >= 0.6 is 43.2 Å². The first kappa shape index (κ1) is 14.2. The number of thiophene rings is 1. The lowest BCUT2D eigenvalue weighted by Gasteiger charge is -2.08. The molecule has 1 aromatic heterocycles. The van der Waals surface area contributed by atoms with Crippen LogP contribution in [0.25, 0.3) is 0 Å². The molecule has 0 saturated heterocycles. The molecule has 0 nitrogen and oxygen atoms in total. The van der Waals surface area contributed by atoms with Crippen LogP contribution in [-0.4, -0.2) is 0 Å². The number of hydrogen-bond acceptors (Lipinski definition) is 1. The molecule has 5 heteroatoms. The van der Waals surface area contributed by atoms with Crippen molar-refractivity contribution in [1.82, 2.24) is 0 Å².